The Balaban J connectivity index is 1.90. The van der Waals surface area contributed by atoms with Gasteiger partial charge in [0, 0.05) is 39.0 Å². The maximum atomic E-state index is 13.4. The second kappa shape index (κ2) is 11.2. The third kappa shape index (κ3) is 6.03. The SMILES string of the molecule is COc1ccccc1C(=O)Nc1ccc2c(c1)C(=O)N(C)C[C@H](OC)[C@@H](C)CN[C@@H](C)CO2. The first kappa shape index (κ1) is 24.5. The van der Waals surface area contributed by atoms with Gasteiger partial charge in [0.2, 0.25) is 0 Å². The molecule has 1 heterocycles. The topological polar surface area (TPSA) is 89.1 Å². The van der Waals surface area contributed by atoms with Crippen LogP contribution in [0.2, 0.25) is 0 Å². The fourth-order valence-corrected chi connectivity index (χ4v) is 3.77. The third-order valence-corrected chi connectivity index (χ3v) is 5.83. The van der Waals surface area contributed by atoms with Gasteiger partial charge < -0.3 is 29.7 Å². The molecule has 0 bridgehead atoms. The molecule has 178 valence electrons. The largest absolute Gasteiger partial charge is 0.496 e. The van der Waals surface area contributed by atoms with E-state index in [1.54, 1.807) is 61.5 Å². The van der Waals surface area contributed by atoms with Crippen LogP contribution in [0, 0.1) is 5.92 Å². The van der Waals surface area contributed by atoms with Crippen LogP contribution in [0.3, 0.4) is 0 Å². The lowest BCUT2D eigenvalue weighted by molar-refractivity contribution is 0.0281. The average Bonchev–Trinajstić information content (AvgIpc) is 2.83. The monoisotopic (exact) mass is 455 g/mol. The number of fused-ring (bicyclic) bond motifs is 1. The fourth-order valence-electron chi connectivity index (χ4n) is 3.77. The standard InChI is InChI=1S/C25H33N3O5/c1-16-13-26-17(2)15-33-22-11-10-18(12-20(22)25(30)28(3)14-23(16)32-5)27-24(29)19-8-6-7-9-21(19)31-4/h6-12,16-17,23,26H,13-15H2,1-5H3,(H,27,29)/t16-,17-,23-/m0/s1. The zero-order chi connectivity index (χ0) is 24.0. The summed E-state index contributed by atoms with van der Waals surface area (Å²) in [4.78, 5) is 27.8. The van der Waals surface area contributed by atoms with E-state index in [1.807, 2.05) is 6.92 Å². The Bertz CT molecular complexity index is 980. The molecule has 1 aliphatic rings. The van der Waals surface area contributed by atoms with Gasteiger partial charge >= 0.3 is 0 Å². The number of anilines is 1. The number of methoxy groups -OCH3 is 2. The highest BCUT2D eigenvalue weighted by Crippen LogP contribution is 2.27. The lowest BCUT2D eigenvalue weighted by atomic mass is 10.0. The van der Waals surface area contributed by atoms with Crippen molar-refractivity contribution in [3.8, 4) is 11.5 Å². The number of likely N-dealkylation sites (N-methyl/N-ethyl adjacent to an activating group) is 1. The Hall–Kier alpha value is -3.10. The van der Waals surface area contributed by atoms with Crippen molar-refractivity contribution in [3.63, 3.8) is 0 Å². The minimum Gasteiger partial charge on any atom is -0.496 e. The number of nitrogens with zero attached hydrogens (tertiary/aromatic N) is 1. The number of carbonyl (C=O) groups excluding carboxylic acids is 2. The van der Waals surface area contributed by atoms with Crippen molar-refractivity contribution in [1.82, 2.24) is 10.2 Å². The maximum absolute atomic E-state index is 13.4. The molecule has 0 radical (unpaired) electrons. The summed E-state index contributed by atoms with van der Waals surface area (Å²) in [7, 11) is 4.92. The van der Waals surface area contributed by atoms with Gasteiger partial charge in [-0.15, -0.1) is 0 Å². The van der Waals surface area contributed by atoms with Gasteiger partial charge in [-0.05, 0) is 43.2 Å². The van der Waals surface area contributed by atoms with E-state index < -0.39 is 0 Å². The number of hydrogen-bond donors (Lipinski definition) is 2. The van der Waals surface area contributed by atoms with E-state index in [9.17, 15) is 9.59 Å². The summed E-state index contributed by atoms with van der Waals surface area (Å²) in [5, 5.41) is 6.32. The van der Waals surface area contributed by atoms with Gasteiger partial charge in [-0.1, -0.05) is 19.1 Å². The molecule has 1 aliphatic heterocycles. The predicted molar refractivity (Wildman–Crippen MR) is 127 cm³/mol. The molecule has 8 heteroatoms. The fraction of sp³-hybridized carbons (Fsp3) is 0.440. The van der Waals surface area contributed by atoms with Crippen LogP contribution in [0.1, 0.15) is 34.6 Å². The van der Waals surface area contributed by atoms with E-state index in [2.05, 4.69) is 17.6 Å². The molecule has 33 heavy (non-hydrogen) atoms. The summed E-state index contributed by atoms with van der Waals surface area (Å²) in [6.07, 6.45) is -0.115. The minimum absolute atomic E-state index is 0.0926. The Labute approximate surface area is 195 Å². The van der Waals surface area contributed by atoms with Crippen molar-refractivity contribution in [3.05, 3.63) is 53.6 Å². The summed E-state index contributed by atoms with van der Waals surface area (Å²) in [6, 6.07) is 12.2. The Kier molecular flexibility index (Phi) is 8.30. The molecular weight excluding hydrogens is 422 g/mol. The van der Waals surface area contributed by atoms with Crippen molar-refractivity contribution in [1.29, 1.82) is 0 Å². The molecule has 2 amide bonds. The Morgan fingerprint density at radius 2 is 1.94 bits per heavy atom. The number of ether oxygens (including phenoxy) is 3. The first-order valence-electron chi connectivity index (χ1n) is 11.1. The minimum atomic E-state index is -0.326. The molecule has 3 atom stereocenters. The van der Waals surface area contributed by atoms with E-state index >= 15 is 0 Å². The van der Waals surface area contributed by atoms with Crippen molar-refractivity contribution >= 4 is 17.5 Å². The van der Waals surface area contributed by atoms with Crippen LogP contribution in [0.5, 0.6) is 11.5 Å². The Morgan fingerprint density at radius 1 is 1.18 bits per heavy atom. The Morgan fingerprint density at radius 3 is 2.67 bits per heavy atom. The highest BCUT2D eigenvalue weighted by Gasteiger charge is 2.26. The molecule has 2 aromatic carbocycles. The molecule has 0 unspecified atom stereocenters. The summed E-state index contributed by atoms with van der Waals surface area (Å²) in [5.41, 5.74) is 1.28. The third-order valence-electron chi connectivity index (χ3n) is 5.83. The molecule has 0 aliphatic carbocycles. The molecule has 8 nitrogen and oxygen atoms in total. The second-order valence-electron chi connectivity index (χ2n) is 8.42. The van der Waals surface area contributed by atoms with E-state index in [4.69, 9.17) is 14.2 Å². The maximum Gasteiger partial charge on any atom is 0.259 e. The average molecular weight is 456 g/mol. The van der Waals surface area contributed by atoms with Crippen LogP contribution in [-0.2, 0) is 4.74 Å². The van der Waals surface area contributed by atoms with Crippen LogP contribution in [0.4, 0.5) is 5.69 Å². The summed E-state index contributed by atoms with van der Waals surface area (Å²) >= 11 is 0. The summed E-state index contributed by atoms with van der Waals surface area (Å²) in [6.45, 7) is 5.73. The molecule has 0 fully saturated rings. The van der Waals surface area contributed by atoms with Crippen LogP contribution < -0.4 is 20.1 Å². The quantitative estimate of drug-likeness (QED) is 0.737. The van der Waals surface area contributed by atoms with E-state index in [0.717, 1.165) is 6.54 Å². The van der Waals surface area contributed by atoms with Crippen molar-refractivity contribution < 1.29 is 23.8 Å². The number of para-hydroxylation sites is 1. The van der Waals surface area contributed by atoms with Crippen molar-refractivity contribution in [2.24, 2.45) is 5.92 Å². The first-order valence-corrected chi connectivity index (χ1v) is 11.1. The number of carbonyl (C=O) groups is 2. The van der Waals surface area contributed by atoms with Crippen LogP contribution >= 0.6 is 0 Å². The number of hydrogen-bond acceptors (Lipinski definition) is 6. The molecule has 0 saturated carbocycles. The van der Waals surface area contributed by atoms with Gasteiger partial charge in [-0.25, -0.2) is 0 Å². The summed E-state index contributed by atoms with van der Waals surface area (Å²) < 4.78 is 16.9. The van der Waals surface area contributed by atoms with Gasteiger partial charge in [0.05, 0.1) is 24.3 Å². The van der Waals surface area contributed by atoms with E-state index in [1.165, 1.54) is 7.11 Å². The van der Waals surface area contributed by atoms with Gasteiger partial charge in [0.1, 0.15) is 18.1 Å². The second-order valence-corrected chi connectivity index (χ2v) is 8.42. The normalized spacial score (nSPS) is 21.8. The number of nitrogens with one attached hydrogen (secondary N) is 2. The number of benzene rings is 2. The van der Waals surface area contributed by atoms with Crippen molar-refractivity contribution in [2.45, 2.75) is 26.0 Å². The van der Waals surface area contributed by atoms with Crippen LogP contribution in [0.25, 0.3) is 0 Å². The predicted octanol–water partition coefficient (Wildman–Crippen LogP) is 3.04. The van der Waals surface area contributed by atoms with Crippen molar-refractivity contribution in [2.75, 3.05) is 46.3 Å². The zero-order valence-electron chi connectivity index (χ0n) is 19.9. The number of amides is 2. The summed E-state index contributed by atoms with van der Waals surface area (Å²) in [5.74, 6) is 0.625. The van der Waals surface area contributed by atoms with Crippen LogP contribution in [-0.4, -0.2) is 69.8 Å². The highest BCUT2D eigenvalue weighted by molar-refractivity contribution is 6.07. The molecular formula is C25H33N3O5. The number of rotatable bonds is 4. The first-order chi connectivity index (χ1) is 15.8. The van der Waals surface area contributed by atoms with Crippen LogP contribution in [0.15, 0.2) is 42.5 Å². The lowest BCUT2D eigenvalue weighted by Crippen LogP contribution is -2.44. The van der Waals surface area contributed by atoms with Gasteiger partial charge in [0.25, 0.3) is 11.8 Å². The molecule has 2 aromatic rings. The molecule has 3 rings (SSSR count). The lowest BCUT2D eigenvalue weighted by Gasteiger charge is -2.30. The smallest absolute Gasteiger partial charge is 0.259 e. The molecule has 0 spiro atoms. The highest BCUT2D eigenvalue weighted by atomic mass is 16.5. The van der Waals surface area contributed by atoms with Gasteiger partial charge in [-0.2, -0.15) is 0 Å². The zero-order valence-corrected chi connectivity index (χ0v) is 19.9. The van der Waals surface area contributed by atoms with E-state index in [-0.39, 0.29) is 29.9 Å². The van der Waals surface area contributed by atoms with Gasteiger partial charge in [-0.3, -0.25) is 9.59 Å². The molecule has 0 saturated heterocycles. The molecule has 2 N–H and O–H groups in total. The van der Waals surface area contributed by atoms with E-state index in [0.29, 0.717) is 41.5 Å². The van der Waals surface area contributed by atoms with Gasteiger partial charge in [0.15, 0.2) is 0 Å². The molecule has 0 aromatic heterocycles.